The molecule has 0 aromatic rings. The summed E-state index contributed by atoms with van der Waals surface area (Å²) in [5.41, 5.74) is 6.07. The van der Waals surface area contributed by atoms with E-state index < -0.39 is 142 Å². The van der Waals surface area contributed by atoms with Gasteiger partial charge in [0.25, 0.3) is 0 Å². The molecule has 4 aliphatic heterocycles. The summed E-state index contributed by atoms with van der Waals surface area (Å²) in [5.74, 6) is -0.684. The van der Waals surface area contributed by atoms with Crippen molar-refractivity contribution in [2.45, 2.75) is 143 Å². The van der Waals surface area contributed by atoms with Crippen molar-refractivity contribution in [1.82, 2.24) is 5.32 Å². The lowest BCUT2D eigenvalue weighted by atomic mass is 9.94. The van der Waals surface area contributed by atoms with Crippen LogP contribution in [0.4, 0.5) is 0 Å². The smallest absolute Gasteiger partial charge is 0.217 e. The number of nitrogens with two attached hydrogens (primary N) is 1. The molecule has 0 radical (unpaired) electrons. The van der Waals surface area contributed by atoms with Crippen LogP contribution < -0.4 is 11.1 Å². The molecule has 4 aliphatic rings. The molecule has 0 aromatic heterocycles. The number of aliphatic hydroxyl groups excluding tert-OH is 10. The van der Waals surface area contributed by atoms with E-state index in [4.69, 9.17) is 38.9 Å². The second-order valence-electron chi connectivity index (χ2n) is 11.9. The first-order valence-corrected chi connectivity index (χ1v) is 14.9. The van der Waals surface area contributed by atoms with Crippen molar-refractivity contribution < 1.29 is 89.0 Å². The molecule has 4 fully saturated rings. The zero-order valence-corrected chi connectivity index (χ0v) is 25.3. The molecule has 20 heteroatoms. The number of aliphatic hydroxyl groups is 10. The standard InChI is InChI=1S/C26H46N2O18/c1-6-13(32)16(35)18(37)24(40-6)44-20-10(5-30)42-23(39)12(28-8(3)31)21(20)45-26-22(15(34)11(27)9(4-29)43-26)46-25-19(38)17(36)14(33)7(2)41-25/h6-7,9-26,29-30,32-39H,4-5,27H2,1-3H3,(H,28,31)/t6-,7-,9+,10+,11-,12+,13+,14+,15-,16+,17+,18-,19-,20+,21+,22+,23?,24-,25-,26-/m0/s1. The lowest BCUT2D eigenvalue weighted by Gasteiger charge is -2.50. The molecule has 268 valence electrons. The Kier molecular flexibility index (Phi) is 12.7. The Balaban J connectivity index is 1.69. The van der Waals surface area contributed by atoms with Gasteiger partial charge in [-0.3, -0.25) is 4.79 Å². The Morgan fingerprint density at radius 2 is 1.11 bits per heavy atom. The van der Waals surface area contributed by atoms with Gasteiger partial charge in [0.15, 0.2) is 25.2 Å². The summed E-state index contributed by atoms with van der Waals surface area (Å²) in [4.78, 5) is 12.2. The van der Waals surface area contributed by atoms with Crippen molar-refractivity contribution >= 4 is 5.91 Å². The number of carbonyl (C=O) groups is 1. The third-order valence-corrected chi connectivity index (χ3v) is 8.62. The Labute approximate surface area is 263 Å². The van der Waals surface area contributed by atoms with E-state index in [0.717, 1.165) is 6.92 Å². The average Bonchev–Trinajstić information content (AvgIpc) is 3.01. The van der Waals surface area contributed by atoms with Gasteiger partial charge < -0.3 is 95.3 Å². The fourth-order valence-electron chi connectivity index (χ4n) is 5.86. The molecule has 1 unspecified atom stereocenters. The van der Waals surface area contributed by atoms with Crippen LogP contribution in [0.1, 0.15) is 20.8 Å². The fourth-order valence-corrected chi connectivity index (χ4v) is 5.86. The number of nitrogens with one attached hydrogen (secondary N) is 1. The largest absolute Gasteiger partial charge is 0.394 e. The van der Waals surface area contributed by atoms with Gasteiger partial charge in [0.2, 0.25) is 5.91 Å². The van der Waals surface area contributed by atoms with E-state index >= 15 is 0 Å². The normalized spacial score (nSPS) is 51.9. The summed E-state index contributed by atoms with van der Waals surface area (Å²) in [5, 5.41) is 106. The van der Waals surface area contributed by atoms with Gasteiger partial charge >= 0.3 is 0 Å². The summed E-state index contributed by atoms with van der Waals surface area (Å²) < 4.78 is 40.2. The van der Waals surface area contributed by atoms with Crippen LogP contribution in [0.3, 0.4) is 0 Å². The van der Waals surface area contributed by atoms with E-state index in [2.05, 4.69) is 5.32 Å². The van der Waals surface area contributed by atoms with Crippen LogP contribution in [0.25, 0.3) is 0 Å². The highest BCUT2D eigenvalue weighted by Crippen LogP contribution is 2.34. The Hall–Kier alpha value is -1.25. The topological polar surface area (TPSA) is 322 Å². The minimum Gasteiger partial charge on any atom is -0.394 e. The molecule has 0 aliphatic carbocycles. The van der Waals surface area contributed by atoms with Crippen LogP contribution in [-0.4, -0.2) is 193 Å². The fraction of sp³-hybridized carbons (Fsp3) is 0.962. The Bertz CT molecular complexity index is 1000. The number of rotatable bonds is 9. The molecule has 0 spiro atoms. The first-order chi connectivity index (χ1) is 21.6. The highest BCUT2D eigenvalue weighted by molar-refractivity contribution is 5.73. The van der Waals surface area contributed by atoms with Crippen LogP contribution in [0.15, 0.2) is 0 Å². The molecule has 46 heavy (non-hydrogen) atoms. The maximum atomic E-state index is 12.2. The molecule has 0 saturated carbocycles. The average molecular weight is 675 g/mol. The van der Waals surface area contributed by atoms with E-state index in [1.54, 1.807) is 0 Å². The molecule has 20 atom stereocenters. The molecular formula is C26H46N2O18. The van der Waals surface area contributed by atoms with E-state index in [-0.39, 0.29) is 0 Å². The van der Waals surface area contributed by atoms with Gasteiger partial charge in [-0.05, 0) is 13.8 Å². The SMILES string of the molecule is CC(=O)N[C@H]1C(O)O[C@H](CO)[C@@H](O[C@@H]2O[C@@H](C)[C@@H](O)[C@@H](O)[C@@H]2O)[C@@H]1O[C@@H]1O[C@H](CO)[C@H](N)[C@H](O)[C@H]1O[C@@H]1O[C@@H](C)[C@@H](O)[C@@H](O)[C@@H]1O. The first-order valence-electron chi connectivity index (χ1n) is 14.9. The molecule has 0 aromatic carbocycles. The number of hydrogen-bond donors (Lipinski definition) is 12. The van der Waals surface area contributed by atoms with E-state index in [0.29, 0.717) is 0 Å². The van der Waals surface area contributed by atoms with Gasteiger partial charge in [-0.15, -0.1) is 0 Å². The highest BCUT2D eigenvalue weighted by Gasteiger charge is 2.55. The Morgan fingerprint density at radius 3 is 1.59 bits per heavy atom. The van der Waals surface area contributed by atoms with Gasteiger partial charge in [0.05, 0.1) is 31.5 Å². The lowest BCUT2D eigenvalue weighted by molar-refractivity contribution is -0.383. The van der Waals surface area contributed by atoms with Crippen molar-refractivity contribution in [2.75, 3.05) is 13.2 Å². The van der Waals surface area contributed by atoms with E-state index in [1.807, 2.05) is 0 Å². The van der Waals surface area contributed by atoms with Gasteiger partial charge in [-0.1, -0.05) is 0 Å². The van der Waals surface area contributed by atoms with Gasteiger partial charge in [0, 0.05) is 6.92 Å². The van der Waals surface area contributed by atoms with Crippen molar-refractivity contribution in [2.24, 2.45) is 5.73 Å². The van der Waals surface area contributed by atoms with Crippen LogP contribution in [0.2, 0.25) is 0 Å². The molecule has 4 heterocycles. The van der Waals surface area contributed by atoms with Gasteiger partial charge in [0.1, 0.15) is 79.3 Å². The number of ether oxygens (including phenoxy) is 7. The number of hydrogen-bond acceptors (Lipinski definition) is 19. The monoisotopic (exact) mass is 674 g/mol. The van der Waals surface area contributed by atoms with Crippen LogP contribution in [0, 0.1) is 0 Å². The molecule has 1 amide bonds. The van der Waals surface area contributed by atoms with Crippen LogP contribution in [-0.2, 0) is 38.0 Å². The predicted molar refractivity (Wildman–Crippen MR) is 145 cm³/mol. The van der Waals surface area contributed by atoms with Gasteiger partial charge in [-0.2, -0.15) is 0 Å². The first kappa shape index (κ1) is 37.6. The van der Waals surface area contributed by atoms with Crippen LogP contribution >= 0.6 is 0 Å². The minimum atomic E-state index is -1.85. The van der Waals surface area contributed by atoms with Crippen molar-refractivity contribution in [3.63, 3.8) is 0 Å². The predicted octanol–water partition coefficient (Wildman–Crippen LogP) is -7.58. The molecule has 4 saturated heterocycles. The maximum Gasteiger partial charge on any atom is 0.217 e. The number of carbonyl (C=O) groups excluding carboxylic acids is 1. The molecule has 4 rings (SSSR count). The molecule has 0 bridgehead atoms. The van der Waals surface area contributed by atoms with Gasteiger partial charge in [-0.25, -0.2) is 0 Å². The summed E-state index contributed by atoms with van der Waals surface area (Å²) in [7, 11) is 0. The molecular weight excluding hydrogens is 628 g/mol. The van der Waals surface area contributed by atoms with Crippen molar-refractivity contribution in [3.8, 4) is 0 Å². The molecule has 20 nitrogen and oxygen atoms in total. The van der Waals surface area contributed by atoms with E-state index in [1.165, 1.54) is 13.8 Å². The zero-order valence-electron chi connectivity index (χ0n) is 25.3. The number of amides is 1. The molecule has 13 N–H and O–H groups in total. The minimum absolute atomic E-state index is 0.684. The summed E-state index contributed by atoms with van der Waals surface area (Å²) in [6.07, 6.45) is -28.4. The highest BCUT2D eigenvalue weighted by atomic mass is 16.8. The second-order valence-corrected chi connectivity index (χ2v) is 11.9. The second kappa shape index (κ2) is 15.5. The zero-order chi connectivity index (χ0) is 34.2. The maximum absolute atomic E-state index is 12.2. The van der Waals surface area contributed by atoms with Crippen molar-refractivity contribution in [3.05, 3.63) is 0 Å². The summed E-state index contributed by atoms with van der Waals surface area (Å²) in [6.45, 7) is 2.35. The lowest BCUT2D eigenvalue weighted by Crippen LogP contribution is -2.70. The summed E-state index contributed by atoms with van der Waals surface area (Å²) >= 11 is 0. The summed E-state index contributed by atoms with van der Waals surface area (Å²) in [6, 6.07) is -2.80. The van der Waals surface area contributed by atoms with Crippen LogP contribution in [0.5, 0.6) is 0 Å². The van der Waals surface area contributed by atoms with E-state index in [9.17, 15) is 55.9 Å². The Morgan fingerprint density at radius 1 is 0.630 bits per heavy atom. The third-order valence-electron chi connectivity index (χ3n) is 8.62. The quantitative estimate of drug-likeness (QED) is 0.108. The van der Waals surface area contributed by atoms with Crippen molar-refractivity contribution in [1.29, 1.82) is 0 Å². The third kappa shape index (κ3) is 7.64.